The average molecular weight is 425 g/mol. The van der Waals surface area contributed by atoms with E-state index in [4.69, 9.17) is 5.10 Å². The molecule has 0 spiro atoms. The summed E-state index contributed by atoms with van der Waals surface area (Å²) in [6, 6.07) is 18.2. The number of piperidine rings is 1. The van der Waals surface area contributed by atoms with Crippen LogP contribution in [0, 0.1) is 0 Å². The van der Waals surface area contributed by atoms with E-state index in [1.165, 1.54) is 23.1 Å². The highest BCUT2D eigenvalue weighted by molar-refractivity contribution is 5.98. The zero-order valence-corrected chi connectivity index (χ0v) is 17.9. The number of aryl methyl sites for hydroxylation is 1. The third-order valence-corrected chi connectivity index (χ3v) is 6.76. The number of amides is 1. The van der Waals surface area contributed by atoms with Crippen LogP contribution in [0.5, 0.6) is 0 Å². The van der Waals surface area contributed by atoms with Crippen molar-refractivity contribution in [3.63, 3.8) is 0 Å². The van der Waals surface area contributed by atoms with Crippen molar-refractivity contribution in [2.75, 3.05) is 0 Å². The number of fused-ring (bicyclic) bond motifs is 4. The maximum absolute atomic E-state index is 13.9. The molecule has 160 valence electrons. The van der Waals surface area contributed by atoms with Gasteiger partial charge in [0.15, 0.2) is 0 Å². The van der Waals surface area contributed by atoms with Crippen LogP contribution in [-0.2, 0) is 13.5 Å². The van der Waals surface area contributed by atoms with Gasteiger partial charge in [-0.1, -0.05) is 42.5 Å². The molecule has 32 heavy (non-hydrogen) atoms. The summed E-state index contributed by atoms with van der Waals surface area (Å²) in [5, 5.41) is 9.19. The van der Waals surface area contributed by atoms with Crippen molar-refractivity contribution < 1.29 is 4.79 Å². The second kappa shape index (κ2) is 7.44. The largest absolute Gasteiger partial charge is 0.327 e. The van der Waals surface area contributed by atoms with Gasteiger partial charge in [-0.25, -0.2) is 9.67 Å². The molecule has 4 heterocycles. The van der Waals surface area contributed by atoms with Crippen LogP contribution in [0.2, 0.25) is 0 Å². The van der Waals surface area contributed by atoms with Gasteiger partial charge in [-0.15, -0.1) is 0 Å². The Hall–Kier alpha value is -3.74. The van der Waals surface area contributed by atoms with Crippen molar-refractivity contribution in [2.24, 2.45) is 7.05 Å². The molecule has 2 unspecified atom stereocenters. The quantitative estimate of drug-likeness (QED) is 0.499. The lowest BCUT2D eigenvalue weighted by Gasteiger charge is -2.45. The standard InChI is InChI=1S/C25H24N6O/c1-29-24(17-8-3-2-4-9-17)20-14-18-10-7-13-22(23(20)28-29)31(18)25(32)19-11-5-6-12-21(19)30-16-26-15-27-30/h2-6,8-9,11-12,15-16,18,22H,7,10,13-14H2,1H3. The monoisotopic (exact) mass is 424 g/mol. The lowest BCUT2D eigenvalue weighted by molar-refractivity contribution is 0.0392. The average Bonchev–Trinajstić information content (AvgIpc) is 3.47. The molecule has 2 aromatic heterocycles. The van der Waals surface area contributed by atoms with E-state index in [-0.39, 0.29) is 18.0 Å². The molecule has 7 nitrogen and oxygen atoms in total. The Labute approximate surface area is 186 Å². The molecule has 0 aliphatic carbocycles. The summed E-state index contributed by atoms with van der Waals surface area (Å²) in [5.41, 5.74) is 6.10. The maximum atomic E-state index is 13.9. The zero-order valence-electron chi connectivity index (χ0n) is 17.9. The van der Waals surface area contributed by atoms with E-state index in [0.29, 0.717) is 5.56 Å². The highest BCUT2D eigenvalue weighted by Crippen LogP contribution is 2.45. The third-order valence-electron chi connectivity index (χ3n) is 6.76. The van der Waals surface area contributed by atoms with Gasteiger partial charge >= 0.3 is 0 Å². The fourth-order valence-corrected chi connectivity index (χ4v) is 5.43. The van der Waals surface area contributed by atoms with Crippen LogP contribution in [0.25, 0.3) is 16.9 Å². The number of hydrogen-bond donors (Lipinski definition) is 0. The smallest absolute Gasteiger partial charge is 0.256 e. The molecule has 1 fully saturated rings. The third kappa shape index (κ3) is 2.88. The molecule has 2 aromatic carbocycles. The summed E-state index contributed by atoms with van der Waals surface area (Å²) in [6.07, 6.45) is 7.01. The number of carbonyl (C=O) groups is 1. The van der Waals surface area contributed by atoms with Crippen molar-refractivity contribution >= 4 is 5.91 Å². The minimum absolute atomic E-state index is 0.00235. The molecule has 0 saturated carbocycles. The molecule has 1 saturated heterocycles. The van der Waals surface area contributed by atoms with E-state index in [9.17, 15) is 4.79 Å². The summed E-state index contributed by atoms with van der Waals surface area (Å²) in [7, 11) is 2.01. The second-order valence-corrected chi connectivity index (χ2v) is 8.58. The van der Waals surface area contributed by atoms with Gasteiger partial charge in [0.25, 0.3) is 5.91 Å². The van der Waals surface area contributed by atoms with Crippen LogP contribution < -0.4 is 0 Å². The summed E-state index contributed by atoms with van der Waals surface area (Å²) in [5.74, 6) is 0.0448. The zero-order chi connectivity index (χ0) is 21.7. The minimum Gasteiger partial charge on any atom is -0.327 e. The lowest BCUT2D eigenvalue weighted by atomic mass is 9.81. The van der Waals surface area contributed by atoms with Crippen LogP contribution in [0.4, 0.5) is 0 Å². The minimum atomic E-state index is -0.00235. The van der Waals surface area contributed by atoms with Gasteiger partial charge in [0.2, 0.25) is 0 Å². The summed E-state index contributed by atoms with van der Waals surface area (Å²) >= 11 is 0. The molecule has 4 aromatic rings. The van der Waals surface area contributed by atoms with Gasteiger partial charge in [0.05, 0.1) is 28.7 Å². The first-order valence-corrected chi connectivity index (χ1v) is 11.1. The first-order valence-electron chi connectivity index (χ1n) is 11.1. The van der Waals surface area contributed by atoms with Crippen LogP contribution in [0.3, 0.4) is 0 Å². The molecule has 7 heteroatoms. The van der Waals surface area contributed by atoms with Crippen molar-refractivity contribution in [3.8, 4) is 16.9 Å². The molecular formula is C25H24N6O. The molecule has 0 radical (unpaired) electrons. The molecular weight excluding hydrogens is 400 g/mol. The Morgan fingerprint density at radius 2 is 1.84 bits per heavy atom. The van der Waals surface area contributed by atoms with Crippen LogP contribution in [0.1, 0.15) is 46.9 Å². The van der Waals surface area contributed by atoms with Crippen molar-refractivity contribution in [2.45, 2.75) is 37.8 Å². The topological polar surface area (TPSA) is 68.8 Å². The molecule has 1 amide bonds. The number of hydrogen-bond acceptors (Lipinski definition) is 4. The predicted octanol–water partition coefficient (Wildman–Crippen LogP) is 3.96. The van der Waals surface area contributed by atoms with Crippen molar-refractivity contribution in [3.05, 3.63) is 84.1 Å². The van der Waals surface area contributed by atoms with Gasteiger partial charge in [0, 0.05) is 24.2 Å². The highest BCUT2D eigenvalue weighted by Gasteiger charge is 2.43. The molecule has 6 rings (SSSR count). The van der Waals surface area contributed by atoms with E-state index >= 15 is 0 Å². The lowest BCUT2D eigenvalue weighted by Crippen LogP contribution is -2.50. The predicted molar refractivity (Wildman–Crippen MR) is 120 cm³/mol. The van der Waals surface area contributed by atoms with E-state index in [2.05, 4.69) is 39.2 Å². The Morgan fingerprint density at radius 1 is 1.03 bits per heavy atom. The summed E-state index contributed by atoms with van der Waals surface area (Å²) in [6.45, 7) is 0. The first-order chi connectivity index (χ1) is 15.7. The number of nitrogens with zero attached hydrogens (tertiary/aromatic N) is 6. The first kappa shape index (κ1) is 19.0. The van der Waals surface area contributed by atoms with E-state index in [1.54, 1.807) is 11.0 Å². The number of aromatic nitrogens is 5. The molecule has 2 aliphatic rings. The molecule has 2 atom stereocenters. The number of rotatable bonds is 3. The Morgan fingerprint density at radius 3 is 2.66 bits per heavy atom. The van der Waals surface area contributed by atoms with Gasteiger partial charge in [-0.05, 0) is 37.8 Å². The van der Waals surface area contributed by atoms with E-state index in [0.717, 1.165) is 37.1 Å². The SMILES string of the molecule is Cn1nc2c(c1-c1ccccc1)CC1CCCC2N1C(=O)c1ccccc1-n1cncn1. The number of benzene rings is 2. The van der Waals surface area contributed by atoms with Crippen LogP contribution in [-0.4, -0.2) is 41.4 Å². The molecule has 2 bridgehead atoms. The fourth-order valence-electron chi connectivity index (χ4n) is 5.43. The van der Waals surface area contributed by atoms with Crippen molar-refractivity contribution in [1.29, 1.82) is 0 Å². The van der Waals surface area contributed by atoms with E-state index < -0.39 is 0 Å². The van der Waals surface area contributed by atoms with Crippen LogP contribution in [0.15, 0.2) is 67.3 Å². The van der Waals surface area contributed by atoms with Crippen molar-refractivity contribution in [1.82, 2.24) is 29.4 Å². The second-order valence-electron chi connectivity index (χ2n) is 8.58. The van der Waals surface area contributed by atoms with Gasteiger partial charge in [-0.3, -0.25) is 9.48 Å². The van der Waals surface area contributed by atoms with Gasteiger partial charge in [-0.2, -0.15) is 10.2 Å². The summed E-state index contributed by atoms with van der Waals surface area (Å²) in [4.78, 5) is 20.1. The normalized spacial score (nSPS) is 19.6. The Balaban J connectivity index is 1.43. The highest BCUT2D eigenvalue weighted by atomic mass is 16.2. The van der Waals surface area contributed by atoms with Gasteiger partial charge < -0.3 is 4.90 Å². The Bertz CT molecular complexity index is 1280. The molecule has 0 N–H and O–H groups in total. The van der Waals surface area contributed by atoms with E-state index in [1.807, 2.05) is 42.1 Å². The maximum Gasteiger partial charge on any atom is 0.256 e. The Kier molecular flexibility index (Phi) is 4.41. The number of para-hydroxylation sites is 1. The molecule has 2 aliphatic heterocycles. The van der Waals surface area contributed by atoms with Crippen LogP contribution >= 0.6 is 0 Å². The summed E-state index contributed by atoms with van der Waals surface area (Å²) < 4.78 is 3.65. The van der Waals surface area contributed by atoms with Gasteiger partial charge in [0.1, 0.15) is 12.7 Å². The number of carbonyl (C=O) groups excluding carboxylic acids is 1. The fraction of sp³-hybridized carbons (Fsp3) is 0.280.